The van der Waals surface area contributed by atoms with E-state index in [1.54, 1.807) is 7.11 Å². The second kappa shape index (κ2) is 11.5. The third-order valence-electron chi connectivity index (χ3n) is 7.36. The number of carboxylic acid groups (broad SMARTS) is 1. The van der Waals surface area contributed by atoms with E-state index in [-0.39, 0.29) is 18.2 Å². The second-order valence-corrected chi connectivity index (χ2v) is 10.9. The maximum atomic E-state index is 14.6. The first-order valence-corrected chi connectivity index (χ1v) is 13.2. The van der Waals surface area contributed by atoms with Crippen molar-refractivity contribution < 1.29 is 19.0 Å². The molecule has 7 heteroatoms. The average molecular weight is 475 g/mol. The number of hydrogen-bond acceptors (Lipinski definition) is 5. The van der Waals surface area contributed by atoms with Crippen molar-refractivity contribution in [1.82, 2.24) is 9.88 Å². The second-order valence-electron chi connectivity index (χ2n) is 9.49. The molecule has 2 fully saturated rings. The van der Waals surface area contributed by atoms with E-state index in [9.17, 15) is 14.3 Å². The van der Waals surface area contributed by atoms with Gasteiger partial charge in [0.1, 0.15) is 11.6 Å². The summed E-state index contributed by atoms with van der Waals surface area (Å²) in [5.74, 6) is 1.39. The topological polar surface area (TPSA) is 62.7 Å². The summed E-state index contributed by atoms with van der Waals surface area (Å²) >= 11 is 2.08. The van der Waals surface area contributed by atoms with Crippen LogP contribution in [0.3, 0.4) is 0 Å². The highest BCUT2D eigenvalue weighted by molar-refractivity contribution is 7.99. The largest absolute Gasteiger partial charge is 0.497 e. The molecule has 1 aliphatic carbocycles. The third-order valence-corrected chi connectivity index (χ3v) is 8.72. The molecule has 2 atom stereocenters. The molecule has 0 radical (unpaired) electrons. The number of pyridine rings is 1. The third kappa shape index (κ3) is 6.38. The van der Waals surface area contributed by atoms with Crippen LogP contribution in [0.15, 0.2) is 24.4 Å². The predicted molar refractivity (Wildman–Crippen MR) is 132 cm³/mol. The van der Waals surface area contributed by atoms with Gasteiger partial charge in [0.25, 0.3) is 0 Å². The Labute approximate surface area is 200 Å². The Morgan fingerprint density at radius 2 is 2.15 bits per heavy atom. The van der Waals surface area contributed by atoms with Crippen LogP contribution in [0.2, 0.25) is 0 Å². The van der Waals surface area contributed by atoms with E-state index in [4.69, 9.17) is 4.74 Å². The molecule has 0 spiro atoms. The van der Waals surface area contributed by atoms with E-state index < -0.39 is 5.97 Å². The highest BCUT2D eigenvalue weighted by Gasteiger charge is 2.30. The number of nitrogens with zero attached hydrogens (tertiary/aromatic N) is 2. The summed E-state index contributed by atoms with van der Waals surface area (Å²) in [5.41, 5.74) is 1.45. The number of methoxy groups -OCH3 is 1. The van der Waals surface area contributed by atoms with Crippen molar-refractivity contribution in [1.29, 1.82) is 0 Å². The SMILES string of the molecule is COc1ccc2ncc(F)c(CCCC3CCN(CCSC4CCC4)CC3CC(=O)O)c2c1. The van der Waals surface area contributed by atoms with Crippen molar-refractivity contribution in [3.8, 4) is 5.75 Å². The number of halogens is 1. The van der Waals surface area contributed by atoms with Gasteiger partial charge in [-0.05, 0) is 80.7 Å². The lowest BCUT2D eigenvalue weighted by Crippen LogP contribution is -2.42. The summed E-state index contributed by atoms with van der Waals surface area (Å²) in [6, 6.07) is 5.55. The summed E-state index contributed by atoms with van der Waals surface area (Å²) in [4.78, 5) is 18.2. The number of rotatable bonds is 11. The van der Waals surface area contributed by atoms with Crippen molar-refractivity contribution in [2.45, 2.75) is 56.6 Å². The molecule has 2 heterocycles. The number of aliphatic carboxylic acids is 1. The van der Waals surface area contributed by atoms with Gasteiger partial charge in [-0.15, -0.1) is 0 Å². The molecule has 33 heavy (non-hydrogen) atoms. The van der Waals surface area contributed by atoms with Gasteiger partial charge in [-0.1, -0.05) is 6.42 Å². The van der Waals surface area contributed by atoms with Gasteiger partial charge in [0, 0.05) is 35.9 Å². The van der Waals surface area contributed by atoms with Crippen molar-refractivity contribution in [3.63, 3.8) is 0 Å². The van der Waals surface area contributed by atoms with Gasteiger partial charge >= 0.3 is 5.97 Å². The molecule has 180 valence electrons. The first kappa shape index (κ1) is 24.3. The minimum absolute atomic E-state index is 0.170. The lowest BCUT2D eigenvalue weighted by atomic mass is 9.80. The van der Waals surface area contributed by atoms with Crippen molar-refractivity contribution in [3.05, 3.63) is 35.8 Å². The van der Waals surface area contributed by atoms with E-state index >= 15 is 0 Å². The van der Waals surface area contributed by atoms with Gasteiger partial charge in [-0.25, -0.2) is 4.39 Å². The number of likely N-dealkylation sites (tertiary alicyclic amines) is 1. The molecule has 5 nitrogen and oxygen atoms in total. The average Bonchev–Trinajstić information content (AvgIpc) is 2.77. The van der Waals surface area contributed by atoms with E-state index in [0.717, 1.165) is 60.8 Å². The van der Waals surface area contributed by atoms with Gasteiger partial charge in [0.05, 0.1) is 18.8 Å². The number of benzene rings is 1. The molecule has 1 aromatic carbocycles. The van der Waals surface area contributed by atoms with Crippen LogP contribution in [0.25, 0.3) is 10.9 Å². The van der Waals surface area contributed by atoms with E-state index in [1.165, 1.54) is 25.5 Å². The van der Waals surface area contributed by atoms with Crippen LogP contribution in [-0.2, 0) is 11.2 Å². The molecule has 2 aromatic rings. The van der Waals surface area contributed by atoms with Crippen molar-refractivity contribution in [2.75, 3.05) is 32.5 Å². The number of thioether (sulfide) groups is 1. The zero-order valence-electron chi connectivity index (χ0n) is 19.5. The van der Waals surface area contributed by atoms with Crippen LogP contribution >= 0.6 is 11.8 Å². The number of piperidine rings is 1. The normalized spacial score (nSPS) is 21.8. The van der Waals surface area contributed by atoms with Gasteiger partial charge in [-0.2, -0.15) is 11.8 Å². The number of aromatic nitrogens is 1. The lowest BCUT2D eigenvalue weighted by Gasteiger charge is -2.38. The standard InChI is InChI=1S/C26H35FN2O3S/c1-32-20-8-9-25-23(15-20)22(24(27)16-28-25)7-2-4-18-10-11-29(17-19(18)14-26(30)31)12-13-33-21-5-3-6-21/h8-9,15-16,18-19,21H,2-7,10-14,17H2,1H3,(H,30,31). The molecule has 0 bridgehead atoms. The van der Waals surface area contributed by atoms with Gasteiger partial charge in [0.15, 0.2) is 0 Å². The van der Waals surface area contributed by atoms with Crippen LogP contribution in [0.5, 0.6) is 5.75 Å². The maximum Gasteiger partial charge on any atom is 0.303 e. The monoisotopic (exact) mass is 474 g/mol. The summed E-state index contributed by atoms with van der Waals surface area (Å²) < 4.78 is 20.0. The molecule has 1 saturated carbocycles. The summed E-state index contributed by atoms with van der Waals surface area (Å²) in [6.45, 7) is 2.96. The molecular formula is C26H35FN2O3S. The fraction of sp³-hybridized carbons (Fsp3) is 0.615. The number of fused-ring (bicyclic) bond motifs is 1. The molecule has 1 aromatic heterocycles. The van der Waals surface area contributed by atoms with Gasteiger partial charge in [0.2, 0.25) is 0 Å². The van der Waals surface area contributed by atoms with Crippen LogP contribution in [0.4, 0.5) is 4.39 Å². The first-order chi connectivity index (χ1) is 16.0. The van der Waals surface area contributed by atoms with Crippen molar-refractivity contribution in [2.24, 2.45) is 11.8 Å². The van der Waals surface area contributed by atoms with E-state index in [1.807, 2.05) is 18.2 Å². The van der Waals surface area contributed by atoms with Crippen LogP contribution in [0.1, 0.15) is 50.5 Å². The van der Waals surface area contributed by atoms with E-state index in [0.29, 0.717) is 23.7 Å². The highest BCUT2D eigenvalue weighted by Crippen LogP contribution is 2.34. The molecule has 2 aliphatic rings. The highest BCUT2D eigenvalue weighted by atomic mass is 32.2. The number of carbonyl (C=O) groups is 1. The quantitative estimate of drug-likeness (QED) is 0.470. The Morgan fingerprint density at radius 3 is 2.88 bits per heavy atom. The van der Waals surface area contributed by atoms with Crippen molar-refractivity contribution >= 4 is 28.6 Å². The van der Waals surface area contributed by atoms with Crippen LogP contribution in [-0.4, -0.2) is 58.7 Å². The Hall–Kier alpha value is -1.86. The molecule has 0 amide bonds. The molecule has 1 aliphatic heterocycles. The fourth-order valence-corrected chi connectivity index (χ4v) is 6.57. The minimum atomic E-state index is -0.714. The molecule has 2 unspecified atom stereocenters. The number of hydrogen-bond donors (Lipinski definition) is 1. The number of aryl methyl sites for hydroxylation is 1. The molecule has 4 rings (SSSR count). The fourth-order valence-electron chi connectivity index (χ4n) is 5.20. The summed E-state index contributed by atoms with van der Waals surface area (Å²) in [5, 5.41) is 11.1. The Morgan fingerprint density at radius 1 is 1.30 bits per heavy atom. The zero-order valence-corrected chi connectivity index (χ0v) is 20.3. The Kier molecular flexibility index (Phi) is 8.47. The van der Waals surface area contributed by atoms with Crippen LogP contribution < -0.4 is 4.74 Å². The zero-order chi connectivity index (χ0) is 23.2. The number of ether oxygens (including phenoxy) is 1. The predicted octanol–water partition coefficient (Wildman–Crippen LogP) is 5.40. The Bertz CT molecular complexity index is 953. The van der Waals surface area contributed by atoms with Gasteiger partial charge < -0.3 is 14.7 Å². The maximum absolute atomic E-state index is 14.6. The van der Waals surface area contributed by atoms with E-state index in [2.05, 4.69) is 21.6 Å². The minimum Gasteiger partial charge on any atom is -0.497 e. The molecular weight excluding hydrogens is 439 g/mol. The number of carboxylic acids is 1. The van der Waals surface area contributed by atoms with Crippen LogP contribution in [0, 0.1) is 17.7 Å². The van der Waals surface area contributed by atoms with Gasteiger partial charge in [-0.3, -0.25) is 9.78 Å². The molecule has 1 saturated heterocycles. The Balaban J connectivity index is 1.34. The molecule has 1 N–H and O–H groups in total. The summed E-state index contributed by atoms with van der Waals surface area (Å²) in [6.07, 6.45) is 9.02. The smallest absolute Gasteiger partial charge is 0.303 e. The first-order valence-electron chi connectivity index (χ1n) is 12.2. The summed E-state index contributed by atoms with van der Waals surface area (Å²) in [7, 11) is 1.61. The lowest BCUT2D eigenvalue weighted by molar-refractivity contribution is -0.139.